The largest absolute Gasteiger partial charge is 0.493 e. The number of carbonyl (C=O) groups excluding carboxylic acids is 1. The van der Waals surface area contributed by atoms with Gasteiger partial charge >= 0.3 is 5.97 Å². The van der Waals surface area contributed by atoms with Crippen molar-refractivity contribution in [3.8, 4) is 5.75 Å². The van der Waals surface area contributed by atoms with Gasteiger partial charge in [0.05, 0.1) is 24.0 Å². The van der Waals surface area contributed by atoms with Gasteiger partial charge in [-0.25, -0.2) is 0 Å². The fourth-order valence-electron chi connectivity index (χ4n) is 1.33. The van der Waals surface area contributed by atoms with Crippen molar-refractivity contribution in [2.75, 3.05) is 6.61 Å². The van der Waals surface area contributed by atoms with Crippen LogP contribution >= 0.6 is 0 Å². The summed E-state index contributed by atoms with van der Waals surface area (Å²) in [5.41, 5.74) is -0.572. The zero-order valence-electron chi connectivity index (χ0n) is 11.2. The van der Waals surface area contributed by atoms with Crippen LogP contribution in [0.1, 0.15) is 27.2 Å². The molecule has 0 aliphatic carbocycles. The standard InChI is InChI=1S/C13H17NO5/c1-13(2,3)19-12(15)7-8-18-11-6-4-5-10(9-11)14(16)17/h4-6,9H,7-8H2,1-3H3. The molecule has 0 N–H and O–H groups in total. The molecule has 19 heavy (non-hydrogen) atoms. The lowest BCUT2D eigenvalue weighted by Crippen LogP contribution is -2.24. The maximum Gasteiger partial charge on any atom is 0.309 e. The molecular formula is C13H17NO5. The van der Waals surface area contributed by atoms with Crippen molar-refractivity contribution in [2.24, 2.45) is 0 Å². The highest BCUT2D eigenvalue weighted by molar-refractivity contribution is 5.69. The molecule has 0 amide bonds. The predicted molar refractivity (Wildman–Crippen MR) is 69.1 cm³/mol. The topological polar surface area (TPSA) is 78.7 Å². The fourth-order valence-corrected chi connectivity index (χ4v) is 1.33. The molecule has 0 heterocycles. The van der Waals surface area contributed by atoms with E-state index < -0.39 is 10.5 Å². The second-order valence-electron chi connectivity index (χ2n) is 4.94. The molecule has 0 aliphatic heterocycles. The summed E-state index contributed by atoms with van der Waals surface area (Å²) in [6.07, 6.45) is 0.0972. The molecule has 104 valence electrons. The quantitative estimate of drug-likeness (QED) is 0.465. The SMILES string of the molecule is CC(C)(C)OC(=O)CCOc1cccc([N+](=O)[O-])c1. The van der Waals surface area contributed by atoms with Crippen LogP contribution in [-0.4, -0.2) is 23.1 Å². The molecule has 1 aromatic carbocycles. The Morgan fingerprint density at radius 3 is 2.63 bits per heavy atom. The molecular weight excluding hydrogens is 250 g/mol. The maximum atomic E-state index is 11.4. The number of ether oxygens (including phenoxy) is 2. The van der Waals surface area contributed by atoms with Crippen LogP contribution in [0.4, 0.5) is 5.69 Å². The van der Waals surface area contributed by atoms with E-state index in [2.05, 4.69) is 0 Å². The third-order valence-electron chi connectivity index (χ3n) is 2.02. The number of esters is 1. The van der Waals surface area contributed by atoms with Crippen LogP contribution in [-0.2, 0) is 9.53 Å². The average Bonchev–Trinajstić information content (AvgIpc) is 2.27. The van der Waals surface area contributed by atoms with Crippen LogP contribution in [0.3, 0.4) is 0 Å². The van der Waals surface area contributed by atoms with Crippen molar-refractivity contribution in [3.05, 3.63) is 34.4 Å². The van der Waals surface area contributed by atoms with E-state index in [4.69, 9.17) is 9.47 Å². The Bertz CT molecular complexity index is 464. The van der Waals surface area contributed by atoms with Crippen molar-refractivity contribution >= 4 is 11.7 Å². The first-order chi connectivity index (χ1) is 8.78. The lowest BCUT2D eigenvalue weighted by molar-refractivity contribution is -0.384. The summed E-state index contributed by atoms with van der Waals surface area (Å²) in [6.45, 7) is 5.47. The van der Waals surface area contributed by atoms with E-state index in [1.807, 2.05) is 0 Å². The zero-order chi connectivity index (χ0) is 14.5. The molecule has 0 aliphatic rings. The van der Waals surface area contributed by atoms with Crippen LogP contribution in [0, 0.1) is 10.1 Å². The molecule has 6 nitrogen and oxygen atoms in total. The lowest BCUT2D eigenvalue weighted by Gasteiger charge is -2.19. The number of carbonyl (C=O) groups is 1. The minimum Gasteiger partial charge on any atom is -0.493 e. The normalized spacial score (nSPS) is 10.9. The first-order valence-electron chi connectivity index (χ1n) is 5.87. The summed E-state index contributed by atoms with van der Waals surface area (Å²) in [5.74, 6) is -0.00399. The lowest BCUT2D eigenvalue weighted by atomic mass is 10.2. The summed E-state index contributed by atoms with van der Waals surface area (Å²) in [6, 6.07) is 5.82. The number of nitro groups is 1. The van der Waals surface area contributed by atoms with E-state index in [1.54, 1.807) is 26.8 Å². The van der Waals surface area contributed by atoms with Gasteiger partial charge in [0.1, 0.15) is 11.4 Å². The van der Waals surface area contributed by atoms with E-state index in [-0.39, 0.29) is 24.7 Å². The molecule has 0 spiro atoms. The predicted octanol–water partition coefficient (Wildman–Crippen LogP) is 2.71. The summed E-state index contributed by atoms with van der Waals surface area (Å²) in [4.78, 5) is 21.5. The Morgan fingerprint density at radius 2 is 2.05 bits per heavy atom. The third-order valence-corrected chi connectivity index (χ3v) is 2.02. The van der Waals surface area contributed by atoms with Crippen LogP contribution in [0.15, 0.2) is 24.3 Å². The molecule has 1 rings (SSSR count). The second-order valence-corrected chi connectivity index (χ2v) is 4.94. The van der Waals surface area contributed by atoms with Gasteiger partial charge in [0.15, 0.2) is 0 Å². The van der Waals surface area contributed by atoms with Gasteiger partial charge in [-0.15, -0.1) is 0 Å². The van der Waals surface area contributed by atoms with Gasteiger partial charge in [-0.05, 0) is 26.8 Å². The van der Waals surface area contributed by atoms with Gasteiger partial charge in [-0.3, -0.25) is 14.9 Å². The number of hydrogen-bond donors (Lipinski definition) is 0. The molecule has 0 fully saturated rings. The van der Waals surface area contributed by atoms with Crippen molar-refractivity contribution in [2.45, 2.75) is 32.8 Å². The Morgan fingerprint density at radius 1 is 1.37 bits per heavy atom. The van der Waals surface area contributed by atoms with E-state index in [9.17, 15) is 14.9 Å². The van der Waals surface area contributed by atoms with Gasteiger partial charge in [-0.2, -0.15) is 0 Å². The molecule has 1 aromatic rings. The summed E-state index contributed by atoms with van der Waals surface area (Å²) >= 11 is 0. The Labute approximate surface area is 111 Å². The molecule has 0 atom stereocenters. The Hall–Kier alpha value is -2.11. The van der Waals surface area contributed by atoms with Gasteiger partial charge in [0.25, 0.3) is 5.69 Å². The monoisotopic (exact) mass is 267 g/mol. The van der Waals surface area contributed by atoms with Crippen molar-refractivity contribution in [1.29, 1.82) is 0 Å². The van der Waals surface area contributed by atoms with E-state index in [1.165, 1.54) is 18.2 Å². The van der Waals surface area contributed by atoms with Crippen LogP contribution in [0.25, 0.3) is 0 Å². The summed E-state index contributed by atoms with van der Waals surface area (Å²) in [5, 5.41) is 10.6. The smallest absolute Gasteiger partial charge is 0.309 e. The first kappa shape index (κ1) is 14.9. The minimum atomic E-state index is -0.525. The van der Waals surface area contributed by atoms with E-state index in [0.29, 0.717) is 5.75 Å². The van der Waals surface area contributed by atoms with Crippen LogP contribution in [0.5, 0.6) is 5.75 Å². The summed E-state index contributed by atoms with van der Waals surface area (Å²) in [7, 11) is 0. The average molecular weight is 267 g/mol. The highest BCUT2D eigenvalue weighted by Crippen LogP contribution is 2.19. The van der Waals surface area contributed by atoms with Crippen LogP contribution < -0.4 is 4.74 Å². The maximum absolute atomic E-state index is 11.4. The van der Waals surface area contributed by atoms with Crippen molar-refractivity contribution in [3.63, 3.8) is 0 Å². The highest BCUT2D eigenvalue weighted by atomic mass is 16.6. The highest BCUT2D eigenvalue weighted by Gasteiger charge is 2.16. The van der Waals surface area contributed by atoms with Crippen molar-refractivity contribution in [1.82, 2.24) is 0 Å². The fraction of sp³-hybridized carbons (Fsp3) is 0.462. The molecule has 0 radical (unpaired) electrons. The molecule has 0 saturated carbocycles. The molecule has 6 heteroatoms. The third kappa shape index (κ3) is 5.85. The number of rotatable bonds is 5. The molecule has 0 unspecified atom stereocenters. The minimum absolute atomic E-state index is 0.0465. The van der Waals surface area contributed by atoms with Crippen LogP contribution in [0.2, 0.25) is 0 Å². The number of non-ortho nitro benzene ring substituents is 1. The van der Waals surface area contributed by atoms with Gasteiger partial charge in [-0.1, -0.05) is 6.07 Å². The number of nitro benzene ring substituents is 1. The Balaban J connectivity index is 2.43. The molecule has 0 aromatic heterocycles. The van der Waals surface area contributed by atoms with Gasteiger partial charge < -0.3 is 9.47 Å². The Kier molecular flexibility index (Phi) is 4.86. The first-order valence-corrected chi connectivity index (χ1v) is 5.87. The van der Waals surface area contributed by atoms with Gasteiger partial charge in [0.2, 0.25) is 0 Å². The second kappa shape index (κ2) is 6.17. The van der Waals surface area contributed by atoms with E-state index in [0.717, 1.165) is 0 Å². The number of nitrogens with zero attached hydrogens (tertiary/aromatic N) is 1. The summed E-state index contributed by atoms with van der Waals surface area (Å²) < 4.78 is 10.4. The van der Waals surface area contributed by atoms with E-state index >= 15 is 0 Å². The zero-order valence-corrected chi connectivity index (χ0v) is 11.2. The molecule has 0 saturated heterocycles. The van der Waals surface area contributed by atoms with Gasteiger partial charge in [0, 0.05) is 6.07 Å². The molecule has 0 bridgehead atoms. The number of benzene rings is 1. The van der Waals surface area contributed by atoms with Crippen molar-refractivity contribution < 1.29 is 19.2 Å². The number of hydrogen-bond acceptors (Lipinski definition) is 5.